The van der Waals surface area contributed by atoms with Gasteiger partial charge in [0, 0.05) is 35.5 Å². The number of aromatic nitrogens is 1. The van der Waals surface area contributed by atoms with Crippen LogP contribution in [0.2, 0.25) is 0 Å². The smallest absolute Gasteiger partial charge is 0.127 e. The van der Waals surface area contributed by atoms with Crippen LogP contribution < -0.4 is 5.32 Å². The molecule has 0 atom stereocenters. The van der Waals surface area contributed by atoms with E-state index in [0.717, 1.165) is 10.0 Å². The molecule has 0 amide bonds. The molecule has 0 aliphatic rings. The number of hydrogen-bond acceptors (Lipinski definition) is 2. The molecular formula is C14H14BrFN2. The van der Waals surface area contributed by atoms with Crippen LogP contribution in [0, 0.1) is 12.7 Å². The molecule has 2 rings (SSSR count). The Hall–Kier alpha value is -1.26. The normalized spacial score (nSPS) is 10.6. The number of rotatable bonds is 4. The van der Waals surface area contributed by atoms with Crippen LogP contribution in [-0.4, -0.2) is 4.98 Å². The molecule has 0 fully saturated rings. The number of benzene rings is 1. The summed E-state index contributed by atoms with van der Waals surface area (Å²) in [6.07, 6.45) is 3.60. The fourth-order valence-corrected chi connectivity index (χ4v) is 2.10. The summed E-state index contributed by atoms with van der Waals surface area (Å²) >= 11 is 3.34. The van der Waals surface area contributed by atoms with Gasteiger partial charge >= 0.3 is 0 Å². The SMILES string of the molecule is Cc1ccncc1CNCc1cc(Br)ccc1F. The maximum absolute atomic E-state index is 13.5. The minimum absolute atomic E-state index is 0.186. The number of nitrogens with one attached hydrogen (secondary N) is 1. The van der Waals surface area contributed by atoms with E-state index in [4.69, 9.17) is 0 Å². The van der Waals surface area contributed by atoms with Crippen molar-refractivity contribution in [1.82, 2.24) is 10.3 Å². The number of halogens is 2. The van der Waals surface area contributed by atoms with Gasteiger partial charge in [-0.05, 0) is 42.3 Å². The van der Waals surface area contributed by atoms with Crippen molar-refractivity contribution < 1.29 is 4.39 Å². The summed E-state index contributed by atoms with van der Waals surface area (Å²) in [6.45, 7) is 3.23. The maximum atomic E-state index is 13.5. The Morgan fingerprint density at radius 1 is 1.22 bits per heavy atom. The molecule has 0 saturated heterocycles. The Bertz CT molecular complexity index is 543. The van der Waals surface area contributed by atoms with E-state index in [1.54, 1.807) is 18.3 Å². The monoisotopic (exact) mass is 308 g/mol. The quantitative estimate of drug-likeness (QED) is 0.934. The van der Waals surface area contributed by atoms with Gasteiger partial charge < -0.3 is 5.32 Å². The van der Waals surface area contributed by atoms with Gasteiger partial charge in [-0.1, -0.05) is 15.9 Å². The molecule has 1 N–H and O–H groups in total. The third-order valence-electron chi connectivity index (χ3n) is 2.79. The summed E-state index contributed by atoms with van der Waals surface area (Å²) in [5, 5.41) is 3.23. The van der Waals surface area contributed by atoms with E-state index in [9.17, 15) is 4.39 Å². The van der Waals surface area contributed by atoms with Crippen LogP contribution in [0.4, 0.5) is 4.39 Å². The highest BCUT2D eigenvalue weighted by Gasteiger charge is 2.03. The number of pyridine rings is 1. The maximum Gasteiger partial charge on any atom is 0.127 e. The minimum atomic E-state index is -0.186. The summed E-state index contributed by atoms with van der Waals surface area (Å²) in [4.78, 5) is 4.08. The van der Waals surface area contributed by atoms with Gasteiger partial charge in [0.2, 0.25) is 0 Å². The van der Waals surface area contributed by atoms with E-state index in [2.05, 4.69) is 26.2 Å². The molecule has 1 aromatic heterocycles. The lowest BCUT2D eigenvalue weighted by molar-refractivity contribution is 0.587. The second-order valence-electron chi connectivity index (χ2n) is 4.14. The van der Waals surface area contributed by atoms with E-state index < -0.39 is 0 Å². The summed E-state index contributed by atoms with van der Waals surface area (Å²) < 4.78 is 14.4. The zero-order valence-corrected chi connectivity index (χ0v) is 11.7. The van der Waals surface area contributed by atoms with Gasteiger partial charge in [-0.25, -0.2) is 4.39 Å². The summed E-state index contributed by atoms with van der Waals surface area (Å²) in [6, 6.07) is 6.93. The van der Waals surface area contributed by atoms with E-state index in [-0.39, 0.29) is 5.82 Å². The van der Waals surface area contributed by atoms with Crippen LogP contribution in [0.3, 0.4) is 0 Å². The Kier molecular flexibility index (Phi) is 4.44. The zero-order valence-electron chi connectivity index (χ0n) is 10.1. The predicted molar refractivity (Wildman–Crippen MR) is 73.6 cm³/mol. The van der Waals surface area contributed by atoms with Gasteiger partial charge in [-0.15, -0.1) is 0 Å². The topological polar surface area (TPSA) is 24.9 Å². The molecule has 94 valence electrons. The molecule has 0 radical (unpaired) electrons. The van der Waals surface area contributed by atoms with Gasteiger partial charge in [0.25, 0.3) is 0 Å². The van der Waals surface area contributed by atoms with E-state index >= 15 is 0 Å². The van der Waals surface area contributed by atoms with Crippen molar-refractivity contribution in [2.75, 3.05) is 0 Å². The van der Waals surface area contributed by atoms with E-state index in [1.165, 1.54) is 11.6 Å². The van der Waals surface area contributed by atoms with Crippen LogP contribution in [0.25, 0.3) is 0 Å². The molecule has 0 aliphatic heterocycles. The summed E-state index contributed by atoms with van der Waals surface area (Å²) in [5.74, 6) is -0.186. The Morgan fingerprint density at radius 3 is 2.78 bits per heavy atom. The average Bonchev–Trinajstić information content (AvgIpc) is 2.36. The number of nitrogens with zero attached hydrogens (tertiary/aromatic N) is 1. The summed E-state index contributed by atoms with van der Waals surface area (Å²) in [5.41, 5.74) is 2.98. The molecule has 0 aliphatic carbocycles. The first-order valence-corrected chi connectivity index (χ1v) is 6.50. The van der Waals surface area contributed by atoms with Crippen molar-refractivity contribution in [3.63, 3.8) is 0 Å². The Labute approximate surface area is 114 Å². The minimum Gasteiger partial charge on any atom is -0.308 e. The lowest BCUT2D eigenvalue weighted by Gasteiger charge is -2.08. The van der Waals surface area contributed by atoms with Gasteiger partial charge in [0.05, 0.1) is 0 Å². The molecular weight excluding hydrogens is 295 g/mol. The van der Waals surface area contributed by atoms with Crippen molar-refractivity contribution >= 4 is 15.9 Å². The standard InChI is InChI=1S/C14H14BrFN2/c1-10-4-5-17-8-12(10)9-18-7-11-6-13(15)2-3-14(11)16/h2-6,8,18H,7,9H2,1H3. The lowest BCUT2D eigenvalue weighted by atomic mass is 10.1. The fourth-order valence-electron chi connectivity index (χ4n) is 1.69. The van der Waals surface area contributed by atoms with E-state index in [1.807, 2.05) is 19.2 Å². The Balaban J connectivity index is 1.96. The lowest BCUT2D eigenvalue weighted by Crippen LogP contribution is -2.14. The molecule has 0 bridgehead atoms. The van der Waals surface area contributed by atoms with Crippen LogP contribution in [0.1, 0.15) is 16.7 Å². The first-order valence-electron chi connectivity index (χ1n) is 5.71. The second-order valence-corrected chi connectivity index (χ2v) is 5.06. The van der Waals surface area contributed by atoms with Crippen LogP contribution >= 0.6 is 15.9 Å². The zero-order chi connectivity index (χ0) is 13.0. The van der Waals surface area contributed by atoms with Gasteiger partial charge in [0.15, 0.2) is 0 Å². The highest BCUT2D eigenvalue weighted by molar-refractivity contribution is 9.10. The summed E-state index contributed by atoms with van der Waals surface area (Å²) in [7, 11) is 0. The second kappa shape index (κ2) is 6.07. The molecule has 4 heteroatoms. The van der Waals surface area contributed by atoms with Gasteiger partial charge in [-0.2, -0.15) is 0 Å². The molecule has 2 aromatic rings. The van der Waals surface area contributed by atoms with Gasteiger partial charge in [0.1, 0.15) is 5.82 Å². The van der Waals surface area contributed by atoms with Crippen LogP contribution in [0.15, 0.2) is 41.1 Å². The highest BCUT2D eigenvalue weighted by atomic mass is 79.9. The molecule has 2 nitrogen and oxygen atoms in total. The first kappa shape index (κ1) is 13.2. The predicted octanol–water partition coefficient (Wildman–Crippen LogP) is 3.58. The van der Waals surface area contributed by atoms with Crippen molar-refractivity contribution in [3.8, 4) is 0 Å². The van der Waals surface area contributed by atoms with Crippen molar-refractivity contribution in [2.45, 2.75) is 20.0 Å². The molecule has 1 heterocycles. The van der Waals surface area contributed by atoms with Gasteiger partial charge in [-0.3, -0.25) is 4.98 Å². The molecule has 0 unspecified atom stereocenters. The van der Waals surface area contributed by atoms with Crippen LogP contribution in [0.5, 0.6) is 0 Å². The molecule has 0 spiro atoms. The Morgan fingerprint density at radius 2 is 2.00 bits per heavy atom. The molecule has 1 aromatic carbocycles. The first-order chi connectivity index (χ1) is 8.66. The van der Waals surface area contributed by atoms with E-state index in [0.29, 0.717) is 18.7 Å². The number of aryl methyl sites for hydroxylation is 1. The highest BCUT2D eigenvalue weighted by Crippen LogP contribution is 2.15. The van der Waals surface area contributed by atoms with Crippen molar-refractivity contribution in [3.05, 3.63) is 63.6 Å². The third-order valence-corrected chi connectivity index (χ3v) is 3.28. The fraction of sp³-hybridized carbons (Fsp3) is 0.214. The molecule has 0 saturated carbocycles. The average molecular weight is 309 g/mol. The molecule has 18 heavy (non-hydrogen) atoms. The van der Waals surface area contributed by atoms with Crippen LogP contribution in [-0.2, 0) is 13.1 Å². The number of hydrogen-bond donors (Lipinski definition) is 1. The largest absolute Gasteiger partial charge is 0.308 e. The third kappa shape index (κ3) is 3.37. The van der Waals surface area contributed by atoms with Crippen molar-refractivity contribution in [1.29, 1.82) is 0 Å². The van der Waals surface area contributed by atoms with Crippen molar-refractivity contribution in [2.24, 2.45) is 0 Å².